The standard InChI is InChI=1S/C20H21N5O2/c1-13-8-10-16(11-9-13)25-14(2)18(23-24-25)20(27)22-17(19(21)26)12-15-6-4-3-5-7-15/h3-11,17H,12H2,1-2H3,(H2,21,26)(H,22,27). The Balaban J connectivity index is 1.78. The number of aryl methyl sites for hydroxylation is 1. The van der Waals surface area contributed by atoms with Crippen LogP contribution in [0.5, 0.6) is 0 Å². The van der Waals surface area contributed by atoms with Gasteiger partial charge < -0.3 is 11.1 Å². The molecule has 7 heteroatoms. The topological polar surface area (TPSA) is 103 Å². The number of carbonyl (C=O) groups excluding carboxylic acids is 2. The first-order chi connectivity index (χ1) is 13.0. The van der Waals surface area contributed by atoms with Gasteiger partial charge in [-0.25, -0.2) is 4.68 Å². The third-order valence-electron chi connectivity index (χ3n) is 4.32. The zero-order chi connectivity index (χ0) is 19.4. The number of amides is 2. The second-order valence-corrected chi connectivity index (χ2v) is 6.39. The van der Waals surface area contributed by atoms with Gasteiger partial charge in [-0.3, -0.25) is 9.59 Å². The summed E-state index contributed by atoms with van der Waals surface area (Å²) in [5, 5.41) is 10.7. The highest BCUT2D eigenvalue weighted by Crippen LogP contribution is 2.13. The fourth-order valence-corrected chi connectivity index (χ4v) is 2.77. The van der Waals surface area contributed by atoms with Crippen molar-refractivity contribution >= 4 is 11.8 Å². The molecule has 1 atom stereocenters. The number of nitrogens with zero attached hydrogens (tertiary/aromatic N) is 3. The van der Waals surface area contributed by atoms with Crippen LogP contribution in [-0.4, -0.2) is 32.9 Å². The number of nitrogens with one attached hydrogen (secondary N) is 1. The lowest BCUT2D eigenvalue weighted by atomic mass is 10.1. The van der Waals surface area contributed by atoms with Crippen molar-refractivity contribution in [3.8, 4) is 5.69 Å². The Morgan fingerprint density at radius 1 is 1.07 bits per heavy atom. The van der Waals surface area contributed by atoms with E-state index in [1.54, 1.807) is 11.6 Å². The van der Waals surface area contributed by atoms with E-state index in [1.165, 1.54) is 0 Å². The van der Waals surface area contributed by atoms with Gasteiger partial charge in [0, 0.05) is 6.42 Å². The minimum Gasteiger partial charge on any atom is -0.368 e. The average Bonchev–Trinajstić information content (AvgIpc) is 3.04. The maximum absolute atomic E-state index is 12.6. The van der Waals surface area contributed by atoms with Gasteiger partial charge in [-0.15, -0.1) is 5.10 Å². The largest absolute Gasteiger partial charge is 0.368 e. The summed E-state index contributed by atoms with van der Waals surface area (Å²) < 4.78 is 1.59. The molecule has 0 saturated heterocycles. The second-order valence-electron chi connectivity index (χ2n) is 6.39. The van der Waals surface area contributed by atoms with Crippen molar-refractivity contribution in [1.82, 2.24) is 20.3 Å². The van der Waals surface area contributed by atoms with Crippen LogP contribution in [0.15, 0.2) is 54.6 Å². The number of hydrogen-bond donors (Lipinski definition) is 2. The highest BCUT2D eigenvalue weighted by Gasteiger charge is 2.23. The first-order valence-corrected chi connectivity index (χ1v) is 8.59. The first-order valence-electron chi connectivity index (χ1n) is 8.59. The summed E-state index contributed by atoms with van der Waals surface area (Å²) in [6, 6.07) is 16.3. The summed E-state index contributed by atoms with van der Waals surface area (Å²) in [5.41, 5.74) is 9.04. The lowest BCUT2D eigenvalue weighted by Gasteiger charge is -2.15. The van der Waals surface area contributed by atoms with Crippen LogP contribution >= 0.6 is 0 Å². The minimum absolute atomic E-state index is 0.162. The molecule has 0 bridgehead atoms. The second kappa shape index (κ2) is 7.82. The molecule has 0 aliphatic rings. The van der Waals surface area contributed by atoms with Gasteiger partial charge in [-0.2, -0.15) is 0 Å². The molecule has 1 aromatic heterocycles. The first kappa shape index (κ1) is 18.3. The summed E-state index contributed by atoms with van der Waals surface area (Å²) in [4.78, 5) is 24.4. The van der Waals surface area contributed by atoms with E-state index in [9.17, 15) is 9.59 Å². The van der Waals surface area contributed by atoms with Crippen molar-refractivity contribution in [1.29, 1.82) is 0 Å². The maximum Gasteiger partial charge on any atom is 0.274 e. The van der Waals surface area contributed by atoms with Crippen LogP contribution < -0.4 is 11.1 Å². The van der Waals surface area contributed by atoms with Crippen LogP contribution in [0.3, 0.4) is 0 Å². The molecule has 3 aromatic rings. The van der Waals surface area contributed by atoms with Gasteiger partial charge in [-0.05, 0) is 31.5 Å². The normalized spacial score (nSPS) is 11.8. The maximum atomic E-state index is 12.6. The van der Waals surface area contributed by atoms with Gasteiger partial charge in [0.2, 0.25) is 5.91 Å². The predicted molar refractivity (Wildman–Crippen MR) is 101 cm³/mol. The van der Waals surface area contributed by atoms with E-state index in [2.05, 4.69) is 15.6 Å². The smallest absolute Gasteiger partial charge is 0.274 e. The summed E-state index contributed by atoms with van der Waals surface area (Å²) >= 11 is 0. The number of nitrogens with two attached hydrogens (primary N) is 1. The molecule has 0 saturated carbocycles. The number of carbonyl (C=O) groups is 2. The Kier molecular flexibility index (Phi) is 5.30. The van der Waals surface area contributed by atoms with Crippen molar-refractivity contribution in [2.45, 2.75) is 26.3 Å². The van der Waals surface area contributed by atoms with Crippen molar-refractivity contribution in [3.05, 3.63) is 77.1 Å². The molecule has 3 N–H and O–H groups in total. The highest BCUT2D eigenvalue weighted by molar-refractivity contribution is 5.96. The fraction of sp³-hybridized carbons (Fsp3) is 0.200. The number of primary amides is 1. The molecule has 27 heavy (non-hydrogen) atoms. The molecule has 7 nitrogen and oxygen atoms in total. The van der Waals surface area contributed by atoms with Crippen LogP contribution in [0, 0.1) is 13.8 Å². The molecule has 0 fully saturated rings. The number of hydrogen-bond acceptors (Lipinski definition) is 4. The molecular weight excluding hydrogens is 342 g/mol. The third kappa shape index (κ3) is 4.20. The number of benzene rings is 2. The predicted octanol–water partition coefficient (Wildman–Crippen LogP) is 1.71. The van der Waals surface area contributed by atoms with Gasteiger partial charge >= 0.3 is 0 Å². The SMILES string of the molecule is Cc1ccc(-n2nnc(C(=O)NC(Cc3ccccc3)C(N)=O)c2C)cc1. The Hall–Kier alpha value is -3.48. The zero-order valence-electron chi connectivity index (χ0n) is 15.2. The van der Waals surface area contributed by atoms with Gasteiger partial charge in [0.25, 0.3) is 5.91 Å². The van der Waals surface area contributed by atoms with Gasteiger partial charge in [0.15, 0.2) is 5.69 Å². The Morgan fingerprint density at radius 3 is 2.37 bits per heavy atom. The quantitative estimate of drug-likeness (QED) is 0.696. The molecule has 138 valence electrons. The molecule has 1 heterocycles. The molecule has 2 aromatic carbocycles. The lowest BCUT2D eigenvalue weighted by Crippen LogP contribution is -2.46. The fourth-order valence-electron chi connectivity index (χ4n) is 2.77. The van der Waals surface area contributed by atoms with E-state index in [-0.39, 0.29) is 5.69 Å². The van der Waals surface area contributed by atoms with Crippen molar-refractivity contribution in [2.24, 2.45) is 5.73 Å². The molecule has 3 rings (SSSR count). The van der Waals surface area contributed by atoms with E-state index < -0.39 is 17.9 Å². The van der Waals surface area contributed by atoms with Gasteiger partial charge in [0.1, 0.15) is 6.04 Å². The summed E-state index contributed by atoms with van der Waals surface area (Å²) in [6.45, 7) is 3.75. The Labute approximate surface area is 157 Å². The molecule has 2 amide bonds. The van der Waals surface area contributed by atoms with Crippen molar-refractivity contribution < 1.29 is 9.59 Å². The van der Waals surface area contributed by atoms with Gasteiger partial charge in [-0.1, -0.05) is 53.2 Å². The summed E-state index contributed by atoms with van der Waals surface area (Å²) in [6.07, 6.45) is 0.313. The number of aromatic nitrogens is 3. The van der Waals surface area contributed by atoms with E-state index in [4.69, 9.17) is 5.73 Å². The van der Waals surface area contributed by atoms with E-state index in [1.807, 2.05) is 61.5 Å². The molecule has 0 radical (unpaired) electrons. The van der Waals surface area contributed by atoms with Crippen LogP contribution in [0.2, 0.25) is 0 Å². The molecular formula is C20H21N5O2. The minimum atomic E-state index is -0.830. The Bertz CT molecular complexity index is 948. The van der Waals surface area contributed by atoms with Crippen LogP contribution in [-0.2, 0) is 11.2 Å². The molecule has 0 aliphatic heterocycles. The lowest BCUT2D eigenvalue weighted by molar-refractivity contribution is -0.119. The third-order valence-corrected chi connectivity index (χ3v) is 4.32. The molecule has 1 unspecified atom stereocenters. The van der Waals surface area contributed by atoms with Crippen LogP contribution in [0.25, 0.3) is 5.69 Å². The molecule has 0 aliphatic carbocycles. The van der Waals surface area contributed by atoms with Crippen LogP contribution in [0.4, 0.5) is 0 Å². The van der Waals surface area contributed by atoms with Crippen molar-refractivity contribution in [2.75, 3.05) is 0 Å². The molecule has 0 spiro atoms. The Morgan fingerprint density at radius 2 is 1.74 bits per heavy atom. The monoisotopic (exact) mass is 363 g/mol. The van der Waals surface area contributed by atoms with Crippen molar-refractivity contribution in [3.63, 3.8) is 0 Å². The van der Waals surface area contributed by atoms with E-state index >= 15 is 0 Å². The highest BCUT2D eigenvalue weighted by atomic mass is 16.2. The van der Waals surface area contributed by atoms with E-state index in [0.717, 1.165) is 16.8 Å². The van der Waals surface area contributed by atoms with Gasteiger partial charge in [0.05, 0.1) is 11.4 Å². The van der Waals surface area contributed by atoms with E-state index in [0.29, 0.717) is 12.1 Å². The average molecular weight is 363 g/mol. The summed E-state index contributed by atoms with van der Waals surface area (Å²) in [7, 11) is 0. The zero-order valence-corrected chi connectivity index (χ0v) is 15.2. The van der Waals surface area contributed by atoms with Crippen LogP contribution in [0.1, 0.15) is 27.3 Å². The number of rotatable bonds is 6. The summed E-state index contributed by atoms with van der Waals surface area (Å²) in [5.74, 6) is -1.08.